The fraction of sp³-hybridized carbons (Fsp3) is 0.125. The summed E-state index contributed by atoms with van der Waals surface area (Å²) in [7, 11) is 0. The number of aliphatic hydroxyl groups is 1. The maximum atomic E-state index is 9.23. The van der Waals surface area contributed by atoms with Gasteiger partial charge in [0.1, 0.15) is 5.75 Å². The minimum absolute atomic E-state index is 0.0638. The van der Waals surface area contributed by atoms with Crippen LogP contribution in [0.2, 0.25) is 0 Å². The molecule has 0 atom stereocenters. The zero-order valence-electron chi connectivity index (χ0n) is 6.44. The molecule has 0 aliphatic carbocycles. The van der Waals surface area contributed by atoms with Gasteiger partial charge in [0.05, 0.1) is 12.8 Å². The lowest BCUT2D eigenvalue weighted by atomic mass is 10.1. The molecule has 0 saturated carbocycles. The zero-order valence-corrected chi connectivity index (χ0v) is 6.44. The van der Waals surface area contributed by atoms with Gasteiger partial charge in [0.25, 0.3) is 0 Å². The number of phenolic OH excluding ortho intramolecular Hbond substituents is 1. The van der Waals surface area contributed by atoms with Crippen LogP contribution in [0.4, 0.5) is 0 Å². The Morgan fingerprint density at radius 1 is 1.50 bits per heavy atom. The summed E-state index contributed by atoms with van der Waals surface area (Å²) in [5.74, 6) is 5.02. The summed E-state index contributed by atoms with van der Waals surface area (Å²) >= 11 is 0. The quantitative estimate of drug-likeness (QED) is 0.333. The summed E-state index contributed by atoms with van der Waals surface area (Å²) in [4.78, 5) is 0. The van der Waals surface area contributed by atoms with Crippen molar-refractivity contribution in [3.63, 3.8) is 0 Å². The number of aromatic hydroxyl groups is 1. The van der Waals surface area contributed by atoms with Gasteiger partial charge in [-0.15, -0.1) is 0 Å². The smallest absolute Gasteiger partial charge is 0.124 e. The van der Waals surface area contributed by atoms with E-state index in [0.717, 1.165) is 0 Å². The molecule has 0 aromatic heterocycles. The highest BCUT2D eigenvalue weighted by Gasteiger charge is 1.98. The Labute approximate surface area is 70.0 Å². The third-order valence-electron chi connectivity index (χ3n) is 1.49. The molecule has 0 bridgehead atoms. The van der Waals surface area contributed by atoms with Crippen molar-refractivity contribution in [2.24, 2.45) is 10.9 Å². The Hall–Kier alpha value is -1.55. The number of hydrogen-bond donors (Lipinski definition) is 3. The molecular weight excluding hydrogens is 156 g/mol. The van der Waals surface area contributed by atoms with Gasteiger partial charge in [-0.3, -0.25) is 0 Å². The van der Waals surface area contributed by atoms with Crippen LogP contribution in [0.25, 0.3) is 0 Å². The Morgan fingerprint density at radius 2 is 2.25 bits per heavy atom. The molecule has 0 unspecified atom stereocenters. The highest BCUT2D eigenvalue weighted by molar-refractivity contribution is 5.83. The van der Waals surface area contributed by atoms with Crippen molar-refractivity contribution in [2.45, 2.75) is 6.61 Å². The van der Waals surface area contributed by atoms with E-state index >= 15 is 0 Å². The molecule has 1 aromatic carbocycles. The molecule has 4 N–H and O–H groups in total. The van der Waals surface area contributed by atoms with Crippen LogP contribution in [0.15, 0.2) is 23.3 Å². The monoisotopic (exact) mass is 166 g/mol. The van der Waals surface area contributed by atoms with Gasteiger partial charge in [-0.2, -0.15) is 5.10 Å². The normalized spacial score (nSPS) is 10.8. The van der Waals surface area contributed by atoms with Gasteiger partial charge in [-0.1, -0.05) is 6.07 Å². The van der Waals surface area contributed by atoms with E-state index in [1.807, 2.05) is 0 Å². The second-order valence-electron chi connectivity index (χ2n) is 2.33. The number of hydrogen-bond acceptors (Lipinski definition) is 4. The first-order valence-electron chi connectivity index (χ1n) is 3.44. The van der Waals surface area contributed by atoms with Crippen LogP contribution >= 0.6 is 0 Å². The summed E-state index contributed by atoms with van der Waals surface area (Å²) in [6, 6.07) is 4.73. The molecule has 12 heavy (non-hydrogen) atoms. The summed E-state index contributed by atoms with van der Waals surface area (Å²) in [6.07, 6.45) is 1.33. The van der Waals surface area contributed by atoms with Gasteiger partial charge in [0, 0.05) is 5.56 Å². The van der Waals surface area contributed by atoms with Crippen LogP contribution in [-0.4, -0.2) is 16.4 Å². The Kier molecular flexibility index (Phi) is 2.66. The van der Waals surface area contributed by atoms with Crippen LogP contribution in [0.3, 0.4) is 0 Å². The van der Waals surface area contributed by atoms with Crippen molar-refractivity contribution in [1.82, 2.24) is 0 Å². The van der Waals surface area contributed by atoms with Gasteiger partial charge in [-0.25, -0.2) is 0 Å². The highest BCUT2D eigenvalue weighted by atomic mass is 16.3. The predicted octanol–water partition coefficient (Wildman–Crippen LogP) is 0.177. The van der Waals surface area contributed by atoms with Gasteiger partial charge in [-0.05, 0) is 17.7 Å². The fourth-order valence-corrected chi connectivity index (χ4v) is 0.886. The number of hydrazone groups is 1. The molecular formula is C8H10N2O2. The maximum absolute atomic E-state index is 9.23. The highest BCUT2D eigenvalue weighted by Crippen LogP contribution is 2.16. The molecule has 1 rings (SSSR count). The number of nitrogens with two attached hydrogens (primary N) is 1. The molecule has 0 spiro atoms. The standard InChI is InChI=1S/C8H10N2O2/c9-10-4-7-3-6(5-11)1-2-8(7)12/h1-4,11-12H,5,9H2/b10-4+. The zero-order chi connectivity index (χ0) is 8.97. The van der Waals surface area contributed by atoms with Gasteiger partial charge >= 0.3 is 0 Å². The number of benzene rings is 1. The van der Waals surface area contributed by atoms with Crippen LogP contribution < -0.4 is 5.84 Å². The number of phenols is 1. The molecule has 0 heterocycles. The van der Waals surface area contributed by atoms with Gasteiger partial charge in [0.15, 0.2) is 0 Å². The van der Waals surface area contributed by atoms with Gasteiger partial charge < -0.3 is 16.1 Å². The average Bonchev–Trinajstić information content (AvgIpc) is 2.09. The van der Waals surface area contributed by atoms with E-state index < -0.39 is 0 Å². The third kappa shape index (κ3) is 1.73. The first-order valence-corrected chi connectivity index (χ1v) is 3.44. The lowest BCUT2D eigenvalue weighted by molar-refractivity contribution is 0.281. The minimum atomic E-state index is -0.0638. The van der Waals surface area contributed by atoms with Gasteiger partial charge in [0.2, 0.25) is 0 Å². The largest absolute Gasteiger partial charge is 0.507 e. The third-order valence-corrected chi connectivity index (χ3v) is 1.49. The molecule has 4 nitrogen and oxygen atoms in total. The Morgan fingerprint density at radius 3 is 2.83 bits per heavy atom. The van der Waals surface area contributed by atoms with Crippen molar-refractivity contribution < 1.29 is 10.2 Å². The molecule has 0 radical (unpaired) electrons. The average molecular weight is 166 g/mol. The second-order valence-corrected chi connectivity index (χ2v) is 2.33. The molecule has 0 aliphatic rings. The fourth-order valence-electron chi connectivity index (χ4n) is 0.886. The predicted molar refractivity (Wildman–Crippen MR) is 45.8 cm³/mol. The molecule has 0 aliphatic heterocycles. The van der Waals surface area contributed by atoms with E-state index in [9.17, 15) is 5.11 Å². The van der Waals surface area contributed by atoms with Crippen LogP contribution in [0, 0.1) is 0 Å². The van der Waals surface area contributed by atoms with E-state index in [4.69, 9.17) is 10.9 Å². The lowest BCUT2D eigenvalue weighted by Gasteiger charge is -2.00. The molecule has 1 aromatic rings. The molecule has 4 heteroatoms. The number of aliphatic hydroxyl groups excluding tert-OH is 1. The van der Waals surface area contributed by atoms with E-state index in [2.05, 4.69) is 5.10 Å². The molecule has 0 amide bonds. The first kappa shape index (κ1) is 8.55. The summed E-state index contributed by atoms with van der Waals surface area (Å²) in [5, 5.41) is 21.3. The van der Waals surface area contributed by atoms with Crippen molar-refractivity contribution >= 4 is 6.21 Å². The topological polar surface area (TPSA) is 78.8 Å². The molecule has 0 saturated heterocycles. The minimum Gasteiger partial charge on any atom is -0.507 e. The molecule has 64 valence electrons. The first-order chi connectivity index (χ1) is 5.77. The second kappa shape index (κ2) is 3.73. The lowest BCUT2D eigenvalue weighted by Crippen LogP contribution is -1.90. The van der Waals surface area contributed by atoms with Crippen molar-refractivity contribution in [3.8, 4) is 5.75 Å². The van der Waals surface area contributed by atoms with Crippen molar-refractivity contribution in [3.05, 3.63) is 29.3 Å². The summed E-state index contributed by atoms with van der Waals surface area (Å²) in [5.41, 5.74) is 1.21. The van der Waals surface area contributed by atoms with Crippen LogP contribution in [0.1, 0.15) is 11.1 Å². The van der Waals surface area contributed by atoms with Crippen molar-refractivity contribution in [1.29, 1.82) is 0 Å². The number of nitrogens with zero attached hydrogens (tertiary/aromatic N) is 1. The Balaban J connectivity index is 3.08. The maximum Gasteiger partial charge on any atom is 0.124 e. The summed E-state index contributed by atoms with van der Waals surface area (Å²) < 4.78 is 0. The van der Waals surface area contributed by atoms with E-state index in [1.54, 1.807) is 12.1 Å². The number of rotatable bonds is 2. The van der Waals surface area contributed by atoms with Crippen molar-refractivity contribution in [2.75, 3.05) is 0 Å². The van der Waals surface area contributed by atoms with E-state index in [1.165, 1.54) is 12.3 Å². The van der Waals surface area contributed by atoms with E-state index in [-0.39, 0.29) is 12.4 Å². The van der Waals surface area contributed by atoms with Crippen LogP contribution in [-0.2, 0) is 6.61 Å². The van der Waals surface area contributed by atoms with Crippen LogP contribution in [0.5, 0.6) is 5.75 Å². The summed E-state index contributed by atoms with van der Waals surface area (Å²) in [6.45, 7) is -0.0638. The Bertz CT molecular complexity index is 297. The SMILES string of the molecule is N/N=C/c1cc(CO)ccc1O. The van der Waals surface area contributed by atoms with E-state index in [0.29, 0.717) is 11.1 Å². The molecule has 0 fully saturated rings.